The van der Waals surface area contributed by atoms with E-state index in [4.69, 9.17) is 16.0 Å². The summed E-state index contributed by atoms with van der Waals surface area (Å²) < 4.78 is 5.52. The molecule has 0 aliphatic carbocycles. The van der Waals surface area contributed by atoms with Crippen LogP contribution in [0.4, 0.5) is 11.7 Å². The first-order chi connectivity index (χ1) is 11.9. The summed E-state index contributed by atoms with van der Waals surface area (Å²) in [5, 5.41) is 11.0. The number of amides is 2. The average molecular weight is 363 g/mol. The van der Waals surface area contributed by atoms with E-state index in [0.717, 1.165) is 5.69 Å². The molecule has 2 amide bonds. The molecule has 0 spiro atoms. The van der Waals surface area contributed by atoms with Crippen LogP contribution in [0, 0.1) is 5.92 Å². The van der Waals surface area contributed by atoms with E-state index in [-0.39, 0.29) is 36.1 Å². The maximum Gasteiger partial charge on any atom is 0.322 e. The van der Waals surface area contributed by atoms with Gasteiger partial charge in [0.05, 0.1) is 5.92 Å². The molecular formula is C17H19ClN4O3. The zero-order valence-electron chi connectivity index (χ0n) is 14.0. The Bertz CT molecular complexity index is 772. The summed E-state index contributed by atoms with van der Waals surface area (Å²) in [7, 11) is 0. The van der Waals surface area contributed by atoms with Crippen LogP contribution in [-0.4, -0.2) is 28.6 Å². The Kier molecular flexibility index (Phi) is 5.03. The summed E-state index contributed by atoms with van der Waals surface area (Å²) >= 11 is 5.88. The van der Waals surface area contributed by atoms with Gasteiger partial charge in [0.25, 0.3) is 0 Å². The molecule has 132 valence electrons. The first-order valence-electron chi connectivity index (χ1n) is 8.11. The highest BCUT2D eigenvalue weighted by atomic mass is 35.5. The van der Waals surface area contributed by atoms with Crippen LogP contribution in [0.2, 0.25) is 5.02 Å². The lowest BCUT2D eigenvalue weighted by atomic mass is 10.1. The number of nitrogens with zero attached hydrogens (tertiary/aromatic N) is 3. The van der Waals surface area contributed by atoms with E-state index in [1.165, 1.54) is 0 Å². The van der Waals surface area contributed by atoms with E-state index in [1.54, 1.807) is 29.2 Å². The fourth-order valence-corrected chi connectivity index (χ4v) is 2.86. The molecule has 1 aromatic heterocycles. The molecule has 0 saturated carbocycles. The first-order valence-corrected chi connectivity index (χ1v) is 8.49. The Balaban J connectivity index is 1.66. The number of carbonyl (C=O) groups excluding carboxylic acids is 2. The Labute approximate surface area is 150 Å². The summed E-state index contributed by atoms with van der Waals surface area (Å²) in [6.45, 7) is 4.35. The lowest BCUT2D eigenvalue weighted by molar-refractivity contribution is -0.118. The number of benzene rings is 1. The van der Waals surface area contributed by atoms with Crippen molar-refractivity contribution < 1.29 is 14.0 Å². The Morgan fingerprint density at radius 1 is 1.36 bits per heavy atom. The Morgan fingerprint density at radius 2 is 2.08 bits per heavy atom. The number of halogens is 1. The van der Waals surface area contributed by atoms with E-state index < -0.39 is 0 Å². The predicted molar refractivity (Wildman–Crippen MR) is 93.5 cm³/mol. The summed E-state index contributed by atoms with van der Waals surface area (Å²) in [5.74, 6) is 0.199. The molecule has 8 heteroatoms. The van der Waals surface area contributed by atoms with Crippen LogP contribution in [0.15, 0.2) is 28.7 Å². The number of anilines is 2. The highest BCUT2D eigenvalue weighted by Crippen LogP contribution is 2.32. The van der Waals surface area contributed by atoms with Gasteiger partial charge in [-0.15, -0.1) is 5.10 Å². The Morgan fingerprint density at radius 3 is 2.76 bits per heavy atom. The Hall–Kier alpha value is -2.41. The third kappa shape index (κ3) is 4.17. The van der Waals surface area contributed by atoms with Gasteiger partial charge in [0.1, 0.15) is 0 Å². The van der Waals surface area contributed by atoms with Gasteiger partial charge in [-0.1, -0.05) is 30.5 Å². The van der Waals surface area contributed by atoms with Crippen LogP contribution in [0.25, 0.3) is 0 Å². The van der Waals surface area contributed by atoms with Crippen LogP contribution >= 0.6 is 11.6 Å². The number of hydrogen-bond acceptors (Lipinski definition) is 5. The average Bonchev–Trinajstić information content (AvgIpc) is 3.14. The van der Waals surface area contributed by atoms with Crippen LogP contribution < -0.4 is 10.2 Å². The number of rotatable bonds is 5. The smallest absolute Gasteiger partial charge is 0.322 e. The molecule has 0 bridgehead atoms. The van der Waals surface area contributed by atoms with Crippen LogP contribution in [0.5, 0.6) is 0 Å². The van der Waals surface area contributed by atoms with E-state index in [1.807, 2.05) is 13.8 Å². The van der Waals surface area contributed by atoms with Gasteiger partial charge >= 0.3 is 6.01 Å². The summed E-state index contributed by atoms with van der Waals surface area (Å²) in [6.07, 6.45) is 0.661. The normalized spacial score (nSPS) is 17.4. The van der Waals surface area contributed by atoms with E-state index in [9.17, 15) is 9.59 Å². The minimum absolute atomic E-state index is 0.0177. The standard InChI is InChI=1S/C17H19ClN4O3/c1-10(2)7-14(23)19-17-21-20-16(25-17)11-8-15(24)22(9-11)13-5-3-12(18)4-6-13/h3-6,10-11H,7-9H2,1-2H3,(H,19,21,23)/t11-/m1/s1. The highest BCUT2D eigenvalue weighted by molar-refractivity contribution is 6.30. The van der Waals surface area contributed by atoms with Gasteiger partial charge in [0.15, 0.2) is 0 Å². The first kappa shape index (κ1) is 17.4. The third-order valence-electron chi connectivity index (χ3n) is 3.89. The van der Waals surface area contributed by atoms with Crippen molar-refractivity contribution >= 4 is 35.1 Å². The zero-order chi connectivity index (χ0) is 18.0. The maximum atomic E-state index is 12.3. The van der Waals surface area contributed by atoms with Gasteiger partial charge in [-0.25, -0.2) is 0 Å². The molecule has 1 fully saturated rings. The summed E-state index contributed by atoms with van der Waals surface area (Å²) in [4.78, 5) is 25.7. The molecule has 1 aliphatic rings. The fraction of sp³-hybridized carbons (Fsp3) is 0.412. The molecule has 0 unspecified atom stereocenters. The number of nitrogens with one attached hydrogen (secondary N) is 1. The van der Waals surface area contributed by atoms with E-state index in [0.29, 0.717) is 23.9 Å². The molecule has 2 heterocycles. The molecule has 1 saturated heterocycles. The number of hydrogen-bond donors (Lipinski definition) is 1. The van der Waals surface area contributed by atoms with Crippen molar-refractivity contribution in [3.63, 3.8) is 0 Å². The highest BCUT2D eigenvalue weighted by Gasteiger charge is 2.35. The topological polar surface area (TPSA) is 88.3 Å². The van der Waals surface area contributed by atoms with Crippen molar-refractivity contribution in [3.05, 3.63) is 35.2 Å². The summed E-state index contributed by atoms with van der Waals surface area (Å²) in [6, 6.07) is 7.15. The minimum atomic E-state index is -0.202. The molecule has 25 heavy (non-hydrogen) atoms. The summed E-state index contributed by atoms with van der Waals surface area (Å²) in [5.41, 5.74) is 0.780. The number of aromatic nitrogens is 2. The van der Waals surface area contributed by atoms with Gasteiger partial charge in [-0.3, -0.25) is 14.9 Å². The van der Waals surface area contributed by atoms with Crippen molar-refractivity contribution in [3.8, 4) is 0 Å². The lowest BCUT2D eigenvalue weighted by Gasteiger charge is -2.16. The largest absolute Gasteiger partial charge is 0.407 e. The van der Waals surface area contributed by atoms with Crippen molar-refractivity contribution in [2.75, 3.05) is 16.8 Å². The van der Waals surface area contributed by atoms with Crippen molar-refractivity contribution in [1.82, 2.24) is 10.2 Å². The van der Waals surface area contributed by atoms with Crippen molar-refractivity contribution in [2.24, 2.45) is 5.92 Å². The maximum absolute atomic E-state index is 12.3. The number of carbonyl (C=O) groups is 2. The third-order valence-corrected chi connectivity index (χ3v) is 4.15. The second-order valence-electron chi connectivity index (χ2n) is 6.47. The molecular weight excluding hydrogens is 344 g/mol. The van der Waals surface area contributed by atoms with Gasteiger partial charge in [0.2, 0.25) is 17.7 Å². The minimum Gasteiger partial charge on any atom is -0.407 e. The monoisotopic (exact) mass is 362 g/mol. The predicted octanol–water partition coefficient (Wildman–Crippen LogP) is 3.23. The second-order valence-corrected chi connectivity index (χ2v) is 6.91. The molecule has 1 N–H and O–H groups in total. The van der Waals surface area contributed by atoms with Crippen molar-refractivity contribution in [1.29, 1.82) is 0 Å². The molecule has 3 rings (SSSR count). The molecule has 1 aliphatic heterocycles. The van der Waals surface area contributed by atoms with Crippen LogP contribution in [0.1, 0.15) is 38.5 Å². The fourth-order valence-electron chi connectivity index (χ4n) is 2.73. The molecule has 1 atom stereocenters. The van der Waals surface area contributed by atoms with E-state index in [2.05, 4.69) is 15.5 Å². The van der Waals surface area contributed by atoms with Gasteiger partial charge in [-0.05, 0) is 30.2 Å². The zero-order valence-corrected chi connectivity index (χ0v) is 14.8. The molecule has 2 aromatic rings. The molecule has 1 aromatic carbocycles. The van der Waals surface area contributed by atoms with Crippen LogP contribution in [-0.2, 0) is 9.59 Å². The van der Waals surface area contributed by atoms with Gasteiger partial charge < -0.3 is 9.32 Å². The lowest BCUT2D eigenvalue weighted by Crippen LogP contribution is -2.24. The van der Waals surface area contributed by atoms with Gasteiger partial charge in [-0.2, -0.15) is 0 Å². The molecule has 7 nitrogen and oxygen atoms in total. The quantitative estimate of drug-likeness (QED) is 0.882. The van der Waals surface area contributed by atoms with E-state index >= 15 is 0 Å². The SMILES string of the molecule is CC(C)CC(=O)Nc1nnc([C@@H]2CC(=O)N(c3ccc(Cl)cc3)C2)o1. The van der Waals surface area contributed by atoms with Crippen LogP contribution in [0.3, 0.4) is 0 Å². The van der Waals surface area contributed by atoms with Gasteiger partial charge in [0, 0.05) is 30.1 Å². The molecule has 0 radical (unpaired) electrons. The van der Waals surface area contributed by atoms with Crippen molar-refractivity contribution in [2.45, 2.75) is 32.6 Å². The second kappa shape index (κ2) is 7.23.